The minimum absolute atomic E-state index is 0.172. The molecule has 3 nitrogen and oxygen atoms in total. The van der Waals surface area contributed by atoms with Gasteiger partial charge in [-0.05, 0) is 64.9 Å². The second-order valence-corrected chi connectivity index (χ2v) is 10.2. The minimum atomic E-state index is -0.172. The van der Waals surface area contributed by atoms with Crippen LogP contribution in [0.4, 0.5) is 5.69 Å². The van der Waals surface area contributed by atoms with Crippen molar-refractivity contribution in [2.45, 2.75) is 6.61 Å². The second-order valence-electron chi connectivity index (χ2n) is 7.61. The van der Waals surface area contributed by atoms with E-state index in [2.05, 4.69) is 0 Å². The number of nitrogens with zero attached hydrogens (tertiary/aromatic N) is 1. The Bertz CT molecular complexity index is 1430. The lowest BCUT2D eigenvalue weighted by molar-refractivity contribution is -0.113. The van der Waals surface area contributed by atoms with Crippen LogP contribution in [0.15, 0.2) is 89.8 Å². The first-order valence-corrected chi connectivity index (χ1v) is 12.4. The maximum Gasteiger partial charge on any atom is 0.270 e. The molecule has 0 bridgehead atoms. The minimum Gasteiger partial charge on any atom is -0.488 e. The molecule has 0 spiro atoms. The Hall–Kier alpha value is -2.83. The van der Waals surface area contributed by atoms with E-state index < -0.39 is 0 Å². The summed E-state index contributed by atoms with van der Waals surface area (Å²) < 4.78 is 6.67. The van der Waals surface area contributed by atoms with Crippen molar-refractivity contribution in [2.24, 2.45) is 0 Å². The number of halogens is 2. The van der Waals surface area contributed by atoms with Crippen LogP contribution in [0.2, 0.25) is 10.0 Å². The fourth-order valence-corrected chi connectivity index (χ4v) is 5.24. The Morgan fingerprint density at radius 1 is 0.882 bits per heavy atom. The van der Waals surface area contributed by atoms with E-state index in [1.807, 2.05) is 66.7 Å². The van der Waals surface area contributed by atoms with Gasteiger partial charge in [0.2, 0.25) is 0 Å². The van der Waals surface area contributed by atoms with E-state index in [0.717, 1.165) is 21.9 Å². The highest BCUT2D eigenvalue weighted by atomic mass is 35.5. The van der Waals surface area contributed by atoms with Crippen molar-refractivity contribution in [2.75, 3.05) is 4.90 Å². The second kappa shape index (κ2) is 9.80. The van der Waals surface area contributed by atoms with E-state index in [1.54, 1.807) is 24.3 Å². The monoisotopic (exact) mass is 521 g/mol. The third-order valence-corrected chi connectivity index (χ3v) is 7.20. The molecular weight excluding hydrogens is 505 g/mol. The van der Waals surface area contributed by atoms with Crippen LogP contribution < -0.4 is 9.64 Å². The smallest absolute Gasteiger partial charge is 0.270 e. The van der Waals surface area contributed by atoms with Gasteiger partial charge in [0.25, 0.3) is 5.91 Å². The van der Waals surface area contributed by atoms with Crippen LogP contribution in [-0.2, 0) is 11.4 Å². The lowest BCUT2D eigenvalue weighted by Crippen LogP contribution is -2.27. The average molecular weight is 522 g/mol. The summed E-state index contributed by atoms with van der Waals surface area (Å²) in [7, 11) is 0. The quantitative estimate of drug-likeness (QED) is 0.196. The molecule has 1 aliphatic heterocycles. The molecule has 1 fully saturated rings. The van der Waals surface area contributed by atoms with Gasteiger partial charge in [-0.3, -0.25) is 9.69 Å². The maximum absolute atomic E-state index is 13.3. The topological polar surface area (TPSA) is 29.5 Å². The van der Waals surface area contributed by atoms with E-state index in [1.165, 1.54) is 16.7 Å². The van der Waals surface area contributed by atoms with Crippen molar-refractivity contribution in [3.63, 3.8) is 0 Å². The highest BCUT2D eigenvalue weighted by molar-refractivity contribution is 8.27. The molecule has 1 saturated heterocycles. The average Bonchev–Trinajstić information content (AvgIpc) is 3.13. The molecule has 0 atom stereocenters. The first kappa shape index (κ1) is 22.9. The van der Waals surface area contributed by atoms with Gasteiger partial charge in [0.15, 0.2) is 4.32 Å². The number of thioether (sulfide) groups is 1. The Morgan fingerprint density at radius 2 is 1.56 bits per heavy atom. The van der Waals surface area contributed by atoms with Crippen LogP contribution in [0.1, 0.15) is 11.1 Å². The number of anilines is 1. The number of carbonyl (C=O) groups is 1. The van der Waals surface area contributed by atoms with Crippen molar-refractivity contribution in [1.29, 1.82) is 0 Å². The van der Waals surface area contributed by atoms with Crippen LogP contribution in [0.25, 0.3) is 16.8 Å². The molecule has 4 aromatic carbocycles. The highest BCUT2D eigenvalue weighted by Gasteiger charge is 2.33. The number of fused-ring (bicyclic) bond motifs is 1. The molecule has 1 heterocycles. The largest absolute Gasteiger partial charge is 0.488 e. The molecule has 0 saturated carbocycles. The molecule has 0 N–H and O–H groups in total. The van der Waals surface area contributed by atoms with Gasteiger partial charge in [-0.25, -0.2) is 0 Å². The molecule has 0 aliphatic carbocycles. The summed E-state index contributed by atoms with van der Waals surface area (Å²) >= 11 is 18.8. The Kier molecular flexibility index (Phi) is 6.61. The summed E-state index contributed by atoms with van der Waals surface area (Å²) in [6.45, 7) is 0.377. The highest BCUT2D eigenvalue weighted by Crippen LogP contribution is 2.39. The van der Waals surface area contributed by atoms with Crippen LogP contribution in [0.5, 0.6) is 5.75 Å². The molecule has 5 rings (SSSR count). The van der Waals surface area contributed by atoms with Gasteiger partial charge in [0.05, 0.1) is 10.6 Å². The zero-order valence-electron chi connectivity index (χ0n) is 17.7. The van der Waals surface area contributed by atoms with Gasteiger partial charge < -0.3 is 4.74 Å². The van der Waals surface area contributed by atoms with Crippen molar-refractivity contribution < 1.29 is 9.53 Å². The molecule has 0 radical (unpaired) electrons. The van der Waals surface area contributed by atoms with E-state index in [-0.39, 0.29) is 5.91 Å². The van der Waals surface area contributed by atoms with Crippen molar-refractivity contribution >= 4 is 79.9 Å². The summed E-state index contributed by atoms with van der Waals surface area (Å²) in [5, 5.41) is 3.33. The normalized spacial score (nSPS) is 14.9. The number of carbonyl (C=O) groups excluding carboxylic acids is 1. The van der Waals surface area contributed by atoms with Crippen LogP contribution in [0.3, 0.4) is 0 Å². The molecule has 168 valence electrons. The molecule has 34 heavy (non-hydrogen) atoms. The zero-order chi connectivity index (χ0) is 23.7. The van der Waals surface area contributed by atoms with Crippen molar-refractivity contribution in [3.8, 4) is 5.75 Å². The molecule has 7 heteroatoms. The Labute approximate surface area is 216 Å². The Morgan fingerprint density at radius 3 is 2.29 bits per heavy atom. The van der Waals surface area contributed by atoms with Crippen molar-refractivity contribution in [1.82, 2.24) is 0 Å². The summed E-state index contributed by atoms with van der Waals surface area (Å²) in [6, 6.07) is 26.6. The summed E-state index contributed by atoms with van der Waals surface area (Å²) in [5.41, 5.74) is 2.52. The molecule has 1 aliphatic rings. The molecular formula is C27H17Cl2NO2S2. The van der Waals surface area contributed by atoms with E-state index in [4.69, 9.17) is 40.2 Å². The molecule has 0 aromatic heterocycles. The number of thiocarbonyl (C=S) groups is 1. The maximum atomic E-state index is 13.3. The third kappa shape index (κ3) is 4.70. The van der Waals surface area contributed by atoms with E-state index >= 15 is 0 Å². The van der Waals surface area contributed by atoms with Gasteiger partial charge in [0.1, 0.15) is 12.4 Å². The number of hydrogen-bond acceptors (Lipinski definition) is 4. The number of hydrogen-bond donors (Lipinski definition) is 0. The number of benzene rings is 4. The van der Waals surface area contributed by atoms with Crippen LogP contribution >= 0.6 is 47.2 Å². The van der Waals surface area contributed by atoms with Gasteiger partial charge in [-0.15, -0.1) is 0 Å². The first-order chi connectivity index (χ1) is 16.5. The lowest BCUT2D eigenvalue weighted by Gasteiger charge is -2.14. The molecule has 1 amide bonds. The van der Waals surface area contributed by atoms with Crippen LogP contribution in [-0.4, -0.2) is 10.2 Å². The number of amides is 1. The first-order valence-electron chi connectivity index (χ1n) is 10.4. The van der Waals surface area contributed by atoms with E-state index in [9.17, 15) is 4.79 Å². The van der Waals surface area contributed by atoms with Crippen molar-refractivity contribution in [3.05, 3.63) is 111 Å². The van der Waals surface area contributed by atoms with E-state index in [0.29, 0.717) is 37.3 Å². The summed E-state index contributed by atoms with van der Waals surface area (Å²) in [6.07, 6.45) is 1.87. The fraction of sp³-hybridized carbons (Fsp3) is 0.0370. The van der Waals surface area contributed by atoms with Gasteiger partial charge >= 0.3 is 0 Å². The van der Waals surface area contributed by atoms with Crippen LogP contribution in [0, 0.1) is 0 Å². The summed E-state index contributed by atoms with van der Waals surface area (Å²) in [5.74, 6) is 0.513. The fourth-order valence-electron chi connectivity index (χ4n) is 3.70. The summed E-state index contributed by atoms with van der Waals surface area (Å²) in [4.78, 5) is 15.4. The third-order valence-electron chi connectivity index (χ3n) is 5.39. The lowest BCUT2D eigenvalue weighted by atomic mass is 10.0. The molecule has 4 aromatic rings. The Balaban J connectivity index is 1.52. The zero-order valence-corrected chi connectivity index (χ0v) is 20.8. The number of ether oxygens (including phenoxy) is 1. The predicted molar refractivity (Wildman–Crippen MR) is 147 cm³/mol. The number of rotatable bonds is 5. The predicted octanol–water partition coefficient (Wildman–Crippen LogP) is 8.13. The standard InChI is InChI=1S/C27H17Cl2NO2S2/c28-19-8-5-17(6-9-19)16-32-24-14-7-18-3-1-2-4-22(18)23(24)15-25-26(31)30(27(33)34-25)21-12-10-20(29)11-13-21/h1-15H,16H2/b25-15-. The molecule has 0 unspecified atom stereocenters. The van der Waals surface area contributed by atoms with Gasteiger partial charge in [0, 0.05) is 15.6 Å². The van der Waals surface area contributed by atoms with Gasteiger partial charge in [-0.2, -0.15) is 0 Å². The van der Waals surface area contributed by atoms with Gasteiger partial charge in [-0.1, -0.05) is 89.6 Å². The SMILES string of the molecule is O=C1/C(=C/c2c(OCc3ccc(Cl)cc3)ccc3ccccc23)SC(=S)N1c1ccc(Cl)cc1.